The van der Waals surface area contributed by atoms with Gasteiger partial charge in [-0.2, -0.15) is 0 Å². The van der Waals surface area contributed by atoms with E-state index in [1.807, 2.05) is 24.3 Å². The van der Waals surface area contributed by atoms with Crippen LogP contribution in [-0.4, -0.2) is 50.1 Å². The summed E-state index contributed by atoms with van der Waals surface area (Å²) >= 11 is 0. The Balaban J connectivity index is 1.87. The minimum atomic E-state index is -0.724. The first-order chi connectivity index (χ1) is 16.0. The number of benzene rings is 2. The first-order valence-electron chi connectivity index (χ1n) is 10.4. The molecule has 0 aliphatic carbocycles. The highest BCUT2D eigenvalue weighted by atomic mass is 16.5. The number of carbonyl (C=O) groups excluding carboxylic acids is 2. The number of aromatic nitrogens is 1. The Bertz CT molecular complexity index is 1160. The molecule has 1 aliphatic heterocycles. The number of nitrogens with zero attached hydrogens (tertiary/aromatic N) is 2. The molecule has 0 saturated carbocycles. The lowest BCUT2D eigenvalue weighted by Crippen LogP contribution is -2.44. The van der Waals surface area contributed by atoms with E-state index < -0.39 is 12.0 Å². The van der Waals surface area contributed by atoms with Gasteiger partial charge in [0.05, 0.1) is 33.3 Å². The van der Waals surface area contributed by atoms with Gasteiger partial charge in [0.25, 0.3) is 5.91 Å². The SMILES string of the molecule is COc1ccc(C2C(C(=O)Nc3ccccn3)c3cc(OC)c(OC)cc3C(=O)N2C)cc1. The molecule has 0 spiro atoms. The third-order valence-corrected chi connectivity index (χ3v) is 5.83. The predicted octanol–water partition coefficient (Wildman–Crippen LogP) is 3.66. The van der Waals surface area contributed by atoms with E-state index in [-0.39, 0.29) is 11.8 Å². The molecule has 1 aliphatic rings. The Morgan fingerprint density at radius 2 is 1.67 bits per heavy atom. The molecule has 4 rings (SSSR count). The van der Waals surface area contributed by atoms with E-state index in [9.17, 15) is 9.59 Å². The standard InChI is InChI=1S/C25H25N3O5/c1-28-23(15-8-10-16(31-2)11-9-15)22(24(29)27-21-7-5-6-12-26-21)17-13-19(32-3)20(33-4)14-18(17)25(28)30/h5-14,22-23H,1-4H3,(H,26,27,29). The summed E-state index contributed by atoms with van der Waals surface area (Å²) < 4.78 is 16.1. The van der Waals surface area contributed by atoms with Crippen LogP contribution in [0.25, 0.3) is 0 Å². The topological polar surface area (TPSA) is 90.0 Å². The number of fused-ring (bicyclic) bond motifs is 1. The van der Waals surface area contributed by atoms with Gasteiger partial charge >= 0.3 is 0 Å². The van der Waals surface area contributed by atoms with Crippen LogP contribution in [0.5, 0.6) is 17.2 Å². The van der Waals surface area contributed by atoms with Crippen molar-refractivity contribution in [2.45, 2.75) is 12.0 Å². The molecule has 2 heterocycles. The zero-order valence-corrected chi connectivity index (χ0v) is 18.9. The van der Waals surface area contributed by atoms with Crippen molar-refractivity contribution >= 4 is 17.6 Å². The number of ether oxygens (including phenoxy) is 3. The number of amides is 2. The van der Waals surface area contributed by atoms with E-state index in [4.69, 9.17) is 14.2 Å². The number of pyridine rings is 1. The number of methoxy groups -OCH3 is 3. The Labute approximate surface area is 192 Å². The van der Waals surface area contributed by atoms with Crippen LogP contribution in [0.4, 0.5) is 5.82 Å². The summed E-state index contributed by atoms with van der Waals surface area (Å²) in [4.78, 5) is 32.8. The maximum Gasteiger partial charge on any atom is 0.254 e. The highest BCUT2D eigenvalue weighted by molar-refractivity contribution is 6.04. The van der Waals surface area contributed by atoms with E-state index in [0.717, 1.165) is 5.56 Å². The highest BCUT2D eigenvalue weighted by Gasteiger charge is 2.43. The summed E-state index contributed by atoms with van der Waals surface area (Å²) in [7, 11) is 6.31. The van der Waals surface area contributed by atoms with Gasteiger partial charge in [0.15, 0.2) is 11.5 Å². The Kier molecular flexibility index (Phi) is 6.17. The van der Waals surface area contributed by atoms with E-state index in [0.29, 0.717) is 34.2 Å². The minimum absolute atomic E-state index is 0.214. The molecule has 0 radical (unpaired) electrons. The van der Waals surface area contributed by atoms with Crippen molar-refractivity contribution in [3.05, 3.63) is 77.5 Å². The maximum atomic E-state index is 13.7. The van der Waals surface area contributed by atoms with Gasteiger partial charge in [-0.3, -0.25) is 9.59 Å². The van der Waals surface area contributed by atoms with E-state index in [2.05, 4.69) is 10.3 Å². The largest absolute Gasteiger partial charge is 0.497 e. The second kappa shape index (κ2) is 9.20. The second-order valence-electron chi connectivity index (χ2n) is 7.61. The van der Waals surface area contributed by atoms with E-state index in [1.165, 1.54) is 14.2 Å². The number of rotatable bonds is 6. The third kappa shape index (κ3) is 4.07. The molecule has 1 aromatic heterocycles. The van der Waals surface area contributed by atoms with Gasteiger partial charge in [0.2, 0.25) is 5.91 Å². The average Bonchev–Trinajstić information content (AvgIpc) is 2.85. The number of hydrogen-bond donors (Lipinski definition) is 1. The van der Waals surface area contributed by atoms with Crippen molar-refractivity contribution in [2.24, 2.45) is 0 Å². The predicted molar refractivity (Wildman–Crippen MR) is 123 cm³/mol. The third-order valence-electron chi connectivity index (χ3n) is 5.83. The van der Waals surface area contributed by atoms with Gasteiger partial charge in [-0.05, 0) is 47.5 Å². The van der Waals surface area contributed by atoms with Gasteiger partial charge in [-0.15, -0.1) is 0 Å². The molecule has 0 fully saturated rings. The number of carbonyl (C=O) groups is 2. The van der Waals surface area contributed by atoms with E-state index >= 15 is 0 Å². The molecule has 33 heavy (non-hydrogen) atoms. The fraction of sp³-hybridized carbons (Fsp3) is 0.240. The lowest BCUT2D eigenvalue weighted by Gasteiger charge is -2.40. The Morgan fingerprint density at radius 1 is 0.970 bits per heavy atom. The lowest BCUT2D eigenvalue weighted by molar-refractivity contribution is -0.119. The Hall–Kier alpha value is -4.07. The number of anilines is 1. The van der Waals surface area contributed by atoms with Gasteiger partial charge in [0.1, 0.15) is 11.6 Å². The van der Waals surface area contributed by atoms with Crippen molar-refractivity contribution < 1.29 is 23.8 Å². The van der Waals surface area contributed by atoms with Crippen molar-refractivity contribution in [3.8, 4) is 17.2 Å². The molecular weight excluding hydrogens is 422 g/mol. The van der Waals surface area contributed by atoms with Gasteiger partial charge in [0, 0.05) is 18.8 Å². The molecule has 2 aromatic carbocycles. The molecule has 0 saturated heterocycles. The van der Waals surface area contributed by atoms with Crippen LogP contribution in [0.1, 0.15) is 33.4 Å². The van der Waals surface area contributed by atoms with Crippen LogP contribution in [0.2, 0.25) is 0 Å². The van der Waals surface area contributed by atoms with Crippen LogP contribution >= 0.6 is 0 Å². The first kappa shape index (κ1) is 22.1. The van der Waals surface area contributed by atoms with Crippen molar-refractivity contribution in [3.63, 3.8) is 0 Å². The quantitative estimate of drug-likeness (QED) is 0.620. The first-order valence-corrected chi connectivity index (χ1v) is 10.4. The molecule has 0 bridgehead atoms. The molecular formula is C25H25N3O5. The van der Waals surface area contributed by atoms with Crippen LogP contribution < -0.4 is 19.5 Å². The summed E-state index contributed by atoms with van der Waals surface area (Å²) in [5.74, 6) is 0.749. The summed E-state index contributed by atoms with van der Waals surface area (Å²) in [5, 5.41) is 2.89. The summed E-state index contributed by atoms with van der Waals surface area (Å²) in [6.45, 7) is 0. The molecule has 2 unspecified atom stereocenters. The number of likely N-dealkylation sites (N-methyl/N-ethyl adjacent to an activating group) is 1. The number of nitrogens with one attached hydrogen (secondary N) is 1. The van der Waals surface area contributed by atoms with Gasteiger partial charge in [-0.25, -0.2) is 4.98 Å². The fourth-order valence-corrected chi connectivity index (χ4v) is 4.19. The minimum Gasteiger partial charge on any atom is -0.497 e. The fourth-order valence-electron chi connectivity index (χ4n) is 4.19. The highest BCUT2D eigenvalue weighted by Crippen LogP contribution is 2.46. The number of hydrogen-bond acceptors (Lipinski definition) is 6. The lowest BCUT2D eigenvalue weighted by atomic mass is 9.79. The van der Waals surface area contributed by atoms with Crippen molar-refractivity contribution in [1.29, 1.82) is 0 Å². The zero-order chi connectivity index (χ0) is 23.5. The Morgan fingerprint density at radius 3 is 2.27 bits per heavy atom. The van der Waals surface area contributed by atoms with Crippen molar-refractivity contribution in [1.82, 2.24) is 9.88 Å². The maximum absolute atomic E-state index is 13.7. The molecule has 1 N–H and O–H groups in total. The normalized spacial score (nSPS) is 17.2. The van der Waals surface area contributed by atoms with Crippen LogP contribution in [0.3, 0.4) is 0 Å². The zero-order valence-electron chi connectivity index (χ0n) is 18.9. The molecule has 170 valence electrons. The molecule has 8 heteroatoms. The summed E-state index contributed by atoms with van der Waals surface area (Å²) in [6.07, 6.45) is 1.61. The summed E-state index contributed by atoms with van der Waals surface area (Å²) in [6, 6.07) is 15.4. The van der Waals surface area contributed by atoms with Gasteiger partial charge in [-0.1, -0.05) is 18.2 Å². The van der Waals surface area contributed by atoms with Crippen molar-refractivity contribution in [2.75, 3.05) is 33.7 Å². The second-order valence-corrected chi connectivity index (χ2v) is 7.61. The monoisotopic (exact) mass is 447 g/mol. The molecule has 2 amide bonds. The van der Waals surface area contributed by atoms with Crippen LogP contribution in [0, 0.1) is 0 Å². The summed E-state index contributed by atoms with van der Waals surface area (Å²) in [5.41, 5.74) is 1.75. The van der Waals surface area contributed by atoms with Crippen LogP contribution in [-0.2, 0) is 4.79 Å². The molecule has 3 aromatic rings. The van der Waals surface area contributed by atoms with Gasteiger partial charge < -0.3 is 24.4 Å². The average molecular weight is 447 g/mol. The van der Waals surface area contributed by atoms with E-state index in [1.54, 1.807) is 55.6 Å². The molecule has 2 atom stereocenters. The smallest absolute Gasteiger partial charge is 0.254 e. The van der Waals surface area contributed by atoms with Crippen LogP contribution in [0.15, 0.2) is 60.8 Å². The molecule has 8 nitrogen and oxygen atoms in total.